The number of amides is 1. The fourth-order valence-corrected chi connectivity index (χ4v) is 1.07. The number of hydrogen-bond acceptors (Lipinski definition) is 3. The SMILES string of the molecule is Cc1ccc(NC(=O)CCS)cn1. The van der Waals surface area contributed by atoms with Gasteiger partial charge in [-0.25, -0.2) is 0 Å². The number of rotatable bonds is 3. The van der Waals surface area contributed by atoms with Gasteiger partial charge < -0.3 is 5.32 Å². The molecule has 0 unspecified atom stereocenters. The molecule has 1 aromatic rings. The van der Waals surface area contributed by atoms with Crippen molar-refractivity contribution in [1.29, 1.82) is 0 Å². The Bertz CT molecular complexity index is 284. The molecular weight excluding hydrogens is 184 g/mol. The van der Waals surface area contributed by atoms with Crippen molar-refractivity contribution in [2.75, 3.05) is 11.1 Å². The van der Waals surface area contributed by atoms with E-state index in [-0.39, 0.29) is 5.91 Å². The number of carbonyl (C=O) groups is 1. The summed E-state index contributed by atoms with van der Waals surface area (Å²) in [5.41, 5.74) is 1.67. The van der Waals surface area contributed by atoms with E-state index in [0.29, 0.717) is 12.2 Å². The average molecular weight is 196 g/mol. The van der Waals surface area contributed by atoms with Crippen molar-refractivity contribution < 1.29 is 4.79 Å². The molecule has 0 saturated carbocycles. The summed E-state index contributed by atoms with van der Waals surface area (Å²) in [6.07, 6.45) is 2.07. The largest absolute Gasteiger partial charge is 0.325 e. The average Bonchev–Trinajstić information content (AvgIpc) is 2.09. The van der Waals surface area contributed by atoms with Gasteiger partial charge in [0.1, 0.15) is 0 Å². The number of aromatic nitrogens is 1. The normalized spacial score (nSPS) is 9.69. The number of aryl methyl sites for hydroxylation is 1. The fourth-order valence-electron chi connectivity index (χ4n) is 0.867. The zero-order chi connectivity index (χ0) is 9.68. The number of nitrogens with zero attached hydrogens (tertiary/aromatic N) is 1. The lowest BCUT2D eigenvalue weighted by molar-refractivity contribution is -0.115. The maximum atomic E-state index is 11.1. The summed E-state index contributed by atoms with van der Waals surface area (Å²) in [7, 11) is 0. The van der Waals surface area contributed by atoms with Crippen molar-refractivity contribution in [3.63, 3.8) is 0 Å². The van der Waals surface area contributed by atoms with Crippen LogP contribution in [0.5, 0.6) is 0 Å². The molecule has 0 aliphatic rings. The van der Waals surface area contributed by atoms with Crippen molar-refractivity contribution in [2.24, 2.45) is 0 Å². The smallest absolute Gasteiger partial charge is 0.225 e. The second kappa shape index (κ2) is 4.87. The summed E-state index contributed by atoms with van der Waals surface area (Å²) in [5.74, 6) is 0.533. The van der Waals surface area contributed by atoms with Crippen LogP contribution in [0.3, 0.4) is 0 Å². The number of pyridine rings is 1. The van der Waals surface area contributed by atoms with Gasteiger partial charge in [0.05, 0.1) is 11.9 Å². The number of thiol groups is 1. The Hall–Kier alpha value is -1.03. The molecule has 1 N–H and O–H groups in total. The van der Waals surface area contributed by atoms with Crippen LogP contribution in [0.4, 0.5) is 5.69 Å². The third-order valence-corrected chi connectivity index (χ3v) is 1.76. The van der Waals surface area contributed by atoms with E-state index in [1.165, 1.54) is 0 Å². The van der Waals surface area contributed by atoms with E-state index in [0.717, 1.165) is 11.4 Å². The minimum absolute atomic E-state index is 0.0272. The number of nitrogens with one attached hydrogen (secondary N) is 1. The highest BCUT2D eigenvalue weighted by Crippen LogP contribution is 2.05. The molecule has 1 rings (SSSR count). The Morgan fingerprint density at radius 3 is 2.92 bits per heavy atom. The molecule has 0 aromatic carbocycles. The molecule has 13 heavy (non-hydrogen) atoms. The molecule has 0 atom stereocenters. The van der Waals surface area contributed by atoms with E-state index in [2.05, 4.69) is 22.9 Å². The maximum absolute atomic E-state index is 11.1. The highest BCUT2D eigenvalue weighted by molar-refractivity contribution is 7.80. The van der Waals surface area contributed by atoms with Crippen molar-refractivity contribution in [3.8, 4) is 0 Å². The van der Waals surface area contributed by atoms with E-state index >= 15 is 0 Å². The molecule has 0 saturated heterocycles. The second-order valence-electron chi connectivity index (χ2n) is 2.71. The maximum Gasteiger partial charge on any atom is 0.225 e. The first-order valence-electron chi connectivity index (χ1n) is 4.06. The molecule has 0 aliphatic heterocycles. The summed E-state index contributed by atoms with van der Waals surface area (Å²) in [6.45, 7) is 1.90. The molecule has 70 valence electrons. The quantitative estimate of drug-likeness (QED) is 0.722. The summed E-state index contributed by atoms with van der Waals surface area (Å²) in [5, 5.41) is 2.72. The lowest BCUT2D eigenvalue weighted by Crippen LogP contribution is -2.11. The van der Waals surface area contributed by atoms with E-state index in [1.807, 2.05) is 19.1 Å². The first-order valence-corrected chi connectivity index (χ1v) is 4.69. The number of carbonyl (C=O) groups excluding carboxylic acids is 1. The van der Waals surface area contributed by atoms with Gasteiger partial charge in [0.25, 0.3) is 0 Å². The van der Waals surface area contributed by atoms with Crippen molar-refractivity contribution in [3.05, 3.63) is 24.0 Å². The Kier molecular flexibility index (Phi) is 3.76. The summed E-state index contributed by atoms with van der Waals surface area (Å²) in [6, 6.07) is 3.69. The predicted molar refractivity (Wildman–Crippen MR) is 56.1 cm³/mol. The standard InChI is InChI=1S/C9H12N2OS/c1-7-2-3-8(6-10-7)11-9(12)4-5-13/h2-3,6,13H,4-5H2,1H3,(H,11,12). The van der Waals surface area contributed by atoms with Crippen molar-refractivity contribution >= 4 is 24.2 Å². The van der Waals surface area contributed by atoms with Gasteiger partial charge in [0.2, 0.25) is 5.91 Å². The van der Waals surface area contributed by atoms with Crippen LogP contribution in [-0.4, -0.2) is 16.6 Å². The summed E-state index contributed by atoms with van der Waals surface area (Å²) < 4.78 is 0. The van der Waals surface area contributed by atoms with Crippen LogP contribution in [0.15, 0.2) is 18.3 Å². The van der Waals surface area contributed by atoms with Crippen LogP contribution >= 0.6 is 12.6 Å². The van der Waals surface area contributed by atoms with Gasteiger partial charge >= 0.3 is 0 Å². The van der Waals surface area contributed by atoms with Crippen LogP contribution in [0.1, 0.15) is 12.1 Å². The first-order chi connectivity index (χ1) is 6.22. The minimum Gasteiger partial charge on any atom is -0.325 e. The van der Waals surface area contributed by atoms with Crippen LogP contribution in [0.2, 0.25) is 0 Å². The van der Waals surface area contributed by atoms with Gasteiger partial charge in [-0.1, -0.05) is 0 Å². The Morgan fingerprint density at radius 1 is 1.62 bits per heavy atom. The number of anilines is 1. The highest BCUT2D eigenvalue weighted by Gasteiger charge is 1.99. The van der Waals surface area contributed by atoms with E-state index in [9.17, 15) is 4.79 Å². The van der Waals surface area contributed by atoms with Crippen LogP contribution < -0.4 is 5.32 Å². The molecule has 1 heterocycles. The highest BCUT2D eigenvalue weighted by atomic mass is 32.1. The lowest BCUT2D eigenvalue weighted by atomic mass is 10.3. The second-order valence-corrected chi connectivity index (χ2v) is 3.16. The van der Waals surface area contributed by atoms with Crippen molar-refractivity contribution in [1.82, 2.24) is 4.98 Å². The van der Waals surface area contributed by atoms with Gasteiger partial charge in [-0.2, -0.15) is 12.6 Å². The Morgan fingerprint density at radius 2 is 2.38 bits per heavy atom. The molecule has 4 heteroatoms. The molecule has 0 radical (unpaired) electrons. The van der Waals surface area contributed by atoms with Gasteiger partial charge in [-0.15, -0.1) is 0 Å². The predicted octanol–water partition coefficient (Wildman–Crippen LogP) is 1.65. The Labute approximate surface area is 83.0 Å². The molecular formula is C9H12N2OS. The van der Waals surface area contributed by atoms with E-state index < -0.39 is 0 Å². The molecule has 0 bridgehead atoms. The molecule has 0 fully saturated rings. The summed E-state index contributed by atoms with van der Waals surface area (Å²) >= 11 is 3.97. The molecule has 3 nitrogen and oxygen atoms in total. The van der Waals surface area contributed by atoms with Gasteiger partial charge in [0, 0.05) is 12.1 Å². The zero-order valence-electron chi connectivity index (χ0n) is 7.45. The topological polar surface area (TPSA) is 42.0 Å². The third kappa shape index (κ3) is 3.46. The molecule has 1 amide bonds. The van der Waals surface area contributed by atoms with Crippen LogP contribution in [-0.2, 0) is 4.79 Å². The monoisotopic (exact) mass is 196 g/mol. The van der Waals surface area contributed by atoms with E-state index in [1.54, 1.807) is 6.20 Å². The van der Waals surface area contributed by atoms with Crippen LogP contribution in [0.25, 0.3) is 0 Å². The van der Waals surface area contributed by atoms with Gasteiger partial charge in [-0.05, 0) is 24.8 Å². The lowest BCUT2D eigenvalue weighted by Gasteiger charge is -2.02. The van der Waals surface area contributed by atoms with Gasteiger partial charge in [0.15, 0.2) is 0 Å². The Balaban J connectivity index is 2.54. The fraction of sp³-hybridized carbons (Fsp3) is 0.333. The molecule has 1 aromatic heterocycles. The third-order valence-electron chi connectivity index (χ3n) is 1.53. The zero-order valence-corrected chi connectivity index (χ0v) is 8.34. The minimum atomic E-state index is -0.0272. The van der Waals surface area contributed by atoms with E-state index in [4.69, 9.17) is 0 Å². The van der Waals surface area contributed by atoms with Crippen molar-refractivity contribution in [2.45, 2.75) is 13.3 Å². The van der Waals surface area contributed by atoms with Gasteiger partial charge in [-0.3, -0.25) is 9.78 Å². The molecule has 0 aliphatic carbocycles. The summed E-state index contributed by atoms with van der Waals surface area (Å²) in [4.78, 5) is 15.2. The first kappa shape index (κ1) is 10.1. The van der Waals surface area contributed by atoms with Crippen LogP contribution in [0, 0.1) is 6.92 Å². The number of hydrogen-bond donors (Lipinski definition) is 2. The molecule has 0 spiro atoms.